The Labute approximate surface area is 94.0 Å². The van der Waals surface area contributed by atoms with Gasteiger partial charge in [-0.1, -0.05) is 32.1 Å². The Balaban J connectivity index is 2.07. The average Bonchev–Trinajstić information content (AvgIpc) is 2.20. The summed E-state index contributed by atoms with van der Waals surface area (Å²) in [5.74, 6) is 3.04. The lowest BCUT2D eigenvalue weighted by molar-refractivity contribution is -0.115. The molecule has 78 valence electrons. The van der Waals surface area contributed by atoms with E-state index in [2.05, 4.69) is 32.0 Å². The van der Waals surface area contributed by atoms with Crippen LogP contribution in [-0.2, 0) is 4.79 Å². The van der Waals surface area contributed by atoms with Gasteiger partial charge in [0.05, 0.1) is 0 Å². The lowest BCUT2D eigenvalue weighted by Gasteiger charge is -2.21. The van der Waals surface area contributed by atoms with E-state index in [0.29, 0.717) is 0 Å². The highest BCUT2D eigenvalue weighted by atomic mass is 79.9. The summed E-state index contributed by atoms with van der Waals surface area (Å²) in [6.45, 7) is 0.769. The monoisotopic (exact) mass is 257 g/mol. The third-order valence-electron chi connectivity index (χ3n) is 2.72. The Morgan fingerprint density at radius 3 is 2.71 bits per heavy atom. The number of hydrogen-bond donors (Lipinski definition) is 1. The van der Waals surface area contributed by atoms with Gasteiger partial charge in [0.25, 0.3) is 5.91 Å². The van der Waals surface area contributed by atoms with Gasteiger partial charge in [-0.15, -0.1) is 0 Å². The molecule has 0 saturated heterocycles. The molecule has 0 aromatic heterocycles. The molecule has 2 nitrogen and oxygen atoms in total. The molecule has 1 rings (SSSR count). The van der Waals surface area contributed by atoms with Crippen LogP contribution in [0.5, 0.6) is 0 Å². The van der Waals surface area contributed by atoms with Crippen LogP contribution in [0.1, 0.15) is 38.5 Å². The van der Waals surface area contributed by atoms with Crippen LogP contribution in [0, 0.1) is 16.7 Å². The summed E-state index contributed by atoms with van der Waals surface area (Å²) >= 11 is 2.90. The summed E-state index contributed by atoms with van der Waals surface area (Å²) in [6, 6.07) is 0. The van der Waals surface area contributed by atoms with Crippen molar-refractivity contribution in [1.82, 2.24) is 5.32 Å². The molecule has 1 N–H and O–H groups in total. The average molecular weight is 258 g/mol. The molecular formula is C11H16BrNO. The number of amides is 1. The second kappa shape index (κ2) is 6.89. The molecule has 0 aromatic rings. The van der Waals surface area contributed by atoms with Crippen molar-refractivity contribution in [2.24, 2.45) is 5.92 Å². The van der Waals surface area contributed by atoms with Crippen molar-refractivity contribution in [3.8, 4) is 10.8 Å². The molecule has 0 radical (unpaired) electrons. The molecule has 1 aliphatic carbocycles. The Morgan fingerprint density at radius 1 is 1.36 bits per heavy atom. The van der Waals surface area contributed by atoms with Crippen molar-refractivity contribution in [1.29, 1.82) is 0 Å². The Hall–Kier alpha value is -0.490. The van der Waals surface area contributed by atoms with Crippen molar-refractivity contribution < 1.29 is 4.79 Å². The van der Waals surface area contributed by atoms with E-state index in [1.165, 1.54) is 32.1 Å². The number of carbonyl (C=O) groups excluding carboxylic acids is 1. The lowest BCUT2D eigenvalue weighted by Crippen LogP contribution is -2.24. The van der Waals surface area contributed by atoms with E-state index >= 15 is 0 Å². The second-order valence-electron chi connectivity index (χ2n) is 3.77. The second-order valence-corrected chi connectivity index (χ2v) is 4.16. The minimum atomic E-state index is -0.183. The molecule has 1 aliphatic rings. The summed E-state index contributed by atoms with van der Waals surface area (Å²) in [7, 11) is 0. The molecular weight excluding hydrogens is 242 g/mol. The number of hydrogen-bond acceptors (Lipinski definition) is 1. The van der Waals surface area contributed by atoms with E-state index in [-0.39, 0.29) is 5.91 Å². The highest BCUT2D eigenvalue weighted by Gasteiger charge is 2.12. The van der Waals surface area contributed by atoms with Crippen LogP contribution in [0.3, 0.4) is 0 Å². The largest absolute Gasteiger partial charge is 0.345 e. The maximum absolute atomic E-state index is 11.0. The number of carbonyl (C=O) groups is 1. The molecule has 3 heteroatoms. The van der Waals surface area contributed by atoms with E-state index < -0.39 is 0 Å². The molecule has 0 aliphatic heterocycles. The Morgan fingerprint density at radius 2 is 2.07 bits per heavy atom. The maximum Gasteiger partial charge on any atom is 0.296 e. The first-order valence-electron chi connectivity index (χ1n) is 5.22. The van der Waals surface area contributed by atoms with Crippen LogP contribution in [0.15, 0.2) is 0 Å². The van der Waals surface area contributed by atoms with Gasteiger partial charge in [0.2, 0.25) is 0 Å². The van der Waals surface area contributed by atoms with Crippen LogP contribution in [0.2, 0.25) is 0 Å². The van der Waals surface area contributed by atoms with Gasteiger partial charge in [-0.2, -0.15) is 0 Å². The first kappa shape index (κ1) is 11.6. The van der Waals surface area contributed by atoms with Crippen LogP contribution in [-0.4, -0.2) is 12.5 Å². The van der Waals surface area contributed by atoms with Crippen LogP contribution < -0.4 is 5.32 Å². The van der Waals surface area contributed by atoms with Crippen molar-refractivity contribution in [2.45, 2.75) is 38.5 Å². The van der Waals surface area contributed by atoms with Gasteiger partial charge in [-0.25, -0.2) is 0 Å². The van der Waals surface area contributed by atoms with Gasteiger partial charge in [-0.05, 0) is 17.2 Å². The fourth-order valence-corrected chi connectivity index (χ4v) is 2.13. The van der Waals surface area contributed by atoms with Gasteiger partial charge in [0, 0.05) is 28.4 Å². The smallest absolute Gasteiger partial charge is 0.296 e. The molecule has 1 fully saturated rings. The number of nitrogens with one attached hydrogen (secondary N) is 1. The molecule has 0 unspecified atom stereocenters. The lowest BCUT2D eigenvalue weighted by atomic mass is 9.87. The van der Waals surface area contributed by atoms with E-state index in [0.717, 1.165) is 18.9 Å². The number of rotatable bonds is 3. The normalized spacial score (nSPS) is 16.9. The predicted octanol–water partition coefficient (Wildman–Crippen LogP) is 2.43. The highest BCUT2D eigenvalue weighted by Crippen LogP contribution is 2.25. The topological polar surface area (TPSA) is 29.1 Å². The zero-order valence-electron chi connectivity index (χ0n) is 8.31. The van der Waals surface area contributed by atoms with Crippen LogP contribution in [0.25, 0.3) is 0 Å². The highest BCUT2D eigenvalue weighted by molar-refractivity contribution is 9.12. The van der Waals surface area contributed by atoms with E-state index in [1.807, 2.05) is 0 Å². The van der Waals surface area contributed by atoms with Gasteiger partial charge >= 0.3 is 0 Å². The first-order chi connectivity index (χ1) is 6.83. The van der Waals surface area contributed by atoms with E-state index in [1.54, 1.807) is 0 Å². The van der Waals surface area contributed by atoms with E-state index in [4.69, 9.17) is 0 Å². The quantitative estimate of drug-likeness (QED) is 0.774. The van der Waals surface area contributed by atoms with Crippen molar-refractivity contribution in [3.05, 3.63) is 0 Å². The number of halogens is 1. The van der Waals surface area contributed by atoms with Gasteiger partial charge in [0.15, 0.2) is 0 Å². The minimum Gasteiger partial charge on any atom is -0.345 e. The van der Waals surface area contributed by atoms with Gasteiger partial charge < -0.3 is 5.32 Å². The third kappa shape index (κ3) is 4.66. The molecule has 1 amide bonds. The third-order valence-corrected chi connectivity index (χ3v) is 2.92. The fraction of sp³-hybridized carbons (Fsp3) is 0.727. The Bertz CT molecular complexity index is 235. The van der Waals surface area contributed by atoms with E-state index in [9.17, 15) is 4.79 Å². The SMILES string of the molecule is O=C(C#CBr)NCCC1CCCCC1. The summed E-state index contributed by atoms with van der Waals surface area (Å²) in [5, 5.41) is 2.79. The van der Waals surface area contributed by atoms with Gasteiger partial charge in [0.1, 0.15) is 0 Å². The van der Waals surface area contributed by atoms with Crippen molar-refractivity contribution in [2.75, 3.05) is 6.54 Å². The summed E-state index contributed by atoms with van der Waals surface area (Å²) in [6.07, 6.45) is 7.88. The first-order valence-corrected chi connectivity index (χ1v) is 6.01. The molecule has 0 atom stereocenters. The minimum absolute atomic E-state index is 0.183. The standard InChI is InChI=1S/C11H16BrNO/c12-8-6-11(14)13-9-7-10-4-2-1-3-5-10/h10H,1-5,7,9H2,(H,13,14). The Kier molecular flexibility index (Phi) is 5.70. The van der Waals surface area contributed by atoms with Gasteiger partial charge in [-0.3, -0.25) is 4.79 Å². The molecule has 0 spiro atoms. The maximum atomic E-state index is 11.0. The summed E-state index contributed by atoms with van der Waals surface area (Å²) in [4.78, 5) is 13.4. The molecule has 0 heterocycles. The molecule has 1 saturated carbocycles. The molecule has 0 aromatic carbocycles. The molecule has 14 heavy (non-hydrogen) atoms. The van der Waals surface area contributed by atoms with Crippen LogP contribution in [0.4, 0.5) is 0 Å². The van der Waals surface area contributed by atoms with Crippen molar-refractivity contribution >= 4 is 21.8 Å². The summed E-state index contributed by atoms with van der Waals surface area (Å²) < 4.78 is 0. The zero-order chi connectivity index (χ0) is 10.2. The predicted molar refractivity (Wildman–Crippen MR) is 60.9 cm³/mol. The van der Waals surface area contributed by atoms with Crippen molar-refractivity contribution in [3.63, 3.8) is 0 Å². The zero-order valence-corrected chi connectivity index (χ0v) is 9.90. The summed E-state index contributed by atoms with van der Waals surface area (Å²) in [5.41, 5.74) is 0. The fourth-order valence-electron chi connectivity index (χ4n) is 1.95. The van der Waals surface area contributed by atoms with Crippen LogP contribution >= 0.6 is 15.9 Å². The molecule has 0 bridgehead atoms.